The average Bonchev–Trinajstić information content (AvgIpc) is 1.97. The number of rotatable bonds is 6. The minimum Gasteiger partial charge on any atom is -0.328 e. The zero-order valence-corrected chi connectivity index (χ0v) is 10.8. The Morgan fingerprint density at radius 1 is 1.44 bits per heavy atom. The Morgan fingerprint density at radius 2 is 1.94 bits per heavy atom. The fourth-order valence-corrected chi connectivity index (χ4v) is 1.61. The molecule has 0 heterocycles. The zero-order valence-electron chi connectivity index (χ0n) is 9.95. The summed E-state index contributed by atoms with van der Waals surface area (Å²) in [6, 6.07) is 0. The number of allylic oxidation sites excluding steroid dienone is 1. The normalized spacial score (nSPS) is 15.4. The van der Waals surface area contributed by atoms with Crippen molar-refractivity contribution in [2.24, 2.45) is 0 Å². The summed E-state index contributed by atoms with van der Waals surface area (Å²) in [5.41, 5.74) is 0. The van der Waals surface area contributed by atoms with Gasteiger partial charge in [-0.05, 0) is 13.0 Å². The molecule has 0 amide bonds. The number of nitrogens with zero attached hydrogens (tertiary/aromatic N) is 1. The van der Waals surface area contributed by atoms with Crippen LogP contribution in [-0.4, -0.2) is 53.8 Å². The standard InChI is InChI=1S/C9H18NO5P/c1-5-6-8(11)9(7-10(2,3)4)15-16(12,13)14/h5-6,9H,7H2,1-4H3,(H-,12,13,14)/p+1. The summed E-state index contributed by atoms with van der Waals surface area (Å²) in [6.45, 7) is 1.84. The summed E-state index contributed by atoms with van der Waals surface area (Å²) in [7, 11) is 0.763. The summed E-state index contributed by atoms with van der Waals surface area (Å²) < 4.78 is 15.6. The second kappa shape index (κ2) is 5.70. The number of phosphoric acid groups is 1. The molecule has 0 spiro atoms. The number of carbonyl (C=O) groups excluding carboxylic acids is 1. The van der Waals surface area contributed by atoms with E-state index in [4.69, 9.17) is 9.79 Å². The Bertz CT molecular complexity index is 314. The number of hydrogen-bond donors (Lipinski definition) is 2. The zero-order chi connectivity index (χ0) is 13.0. The first-order chi connectivity index (χ1) is 7.05. The molecule has 0 aromatic rings. The van der Waals surface area contributed by atoms with E-state index < -0.39 is 19.7 Å². The summed E-state index contributed by atoms with van der Waals surface area (Å²) in [5, 5.41) is 0. The van der Waals surface area contributed by atoms with Gasteiger partial charge in [-0.2, -0.15) is 0 Å². The predicted octanol–water partition coefficient (Wildman–Crippen LogP) is 0.316. The molecular weight excluding hydrogens is 233 g/mol. The average molecular weight is 252 g/mol. The van der Waals surface area contributed by atoms with Crippen LogP contribution in [0.4, 0.5) is 0 Å². The first-order valence-electron chi connectivity index (χ1n) is 4.76. The largest absolute Gasteiger partial charge is 0.470 e. The van der Waals surface area contributed by atoms with E-state index in [1.165, 1.54) is 12.2 Å². The molecule has 0 aliphatic rings. The van der Waals surface area contributed by atoms with Crippen molar-refractivity contribution < 1.29 is 28.2 Å². The quantitative estimate of drug-likeness (QED) is 0.404. The van der Waals surface area contributed by atoms with Crippen LogP contribution in [0.25, 0.3) is 0 Å². The Hall–Kier alpha value is -0.520. The lowest BCUT2D eigenvalue weighted by molar-refractivity contribution is -0.872. The highest BCUT2D eigenvalue weighted by Gasteiger charge is 2.31. The van der Waals surface area contributed by atoms with Gasteiger partial charge in [0.25, 0.3) is 0 Å². The lowest BCUT2D eigenvalue weighted by atomic mass is 10.2. The van der Waals surface area contributed by atoms with E-state index in [0.29, 0.717) is 4.48 Å². The Balaban J connectivity index is 4.78. The number of phosphoric ester groups is 1. The van der Waals surface area contributed by atoms with Crippen molar-refractivity contribution in [3.63, 3.8) is 0 Å². The second-order valence-corrected chi connectivity index (χ2v) is 5.65. The highest BCUT2D eigenvalue weighted by atomic mass is 31.2. The fraction of sp³-hybridized carbons (Fsp3) is 0.667. The van der Waals surface area contributed by atoms with Crippen LogP contribution in [0.1, 0.15) is 6.92 Å². The third kappa shape index (κ3) is 7.73. The summed E-state index contributed by atoms with van der Waals surface area (Å²) in [6.07, 6.45) is 1.63. The maximum atomic E-state index is 11.5. The van der Waals surface area contributed by atoms with E-state index in [-0.39, 0.29) is 6.54 Å². The van der Waals surface area contributed by atoms with Crippen LogP contribution in [-0.2, 0) is 13.9 Å². The monoisotopic (exact) mass is 252 g/mol. The van der Waals surface area contributed by atoms with Gasteiger partial charge in [0.05, 0.1) is 21.1 Å². The molecule has 0 radical (unpaired) electrons. The van der Waals surface area contributed by atoms with Gasteiger partial charge in [-0.1, -0.05) is 6.08 Å². The van der Waals surface area contributed by atoms with E-state index in [1.807, 2.05) is 0 Å². The first-order valence-corrected chi connectivity index (χ1v) is 6.29. The van der Waals surface area contributed by atoms with Gasteiger partial charge in [0.1, 0.15) is 6.54 Å². The van der Waals surface area contributed by atoms with Crippen molar-refractivity contribution >= 4 is 13.6 Å². The number of ketones is 1. The maximum absolute atomic E-state index is 11.5. The molecule has 7 heteroatoms. The first kappa shape index (κ1) is 15.5. The summed E-state index contributed by atoms with van der Waals surface area (Å²) in [4.78, 5) is 28.9. The molecule has 0 fully saturated rings. The third-order valence-electron chi connectivity index (χ3n) is 1.63. The molecule has 94 valence electrons. The van der Waals surface area contributed by atoms with Crippen molar-refractivity contribution in [1.29, 1.82) is 0 Å². The van der Waals surface area contributed by atoms with Gasteiger partial charge >= 0.3 is 7.82 Å². The molecule has 0 aliphatic heterocycles. The lowest BCUT2D eigenvalue weighted by Gasteiger charge is -2.27. The van der Waals surface area contributed by atoms with Crippen LogP contribution in [0, 0.1) is 0 Å². The molecule has 0 saturated heterocycles. The second-order valence-electron chi connectivity index (χ2n) is 4.46. The Labute approximate surface area is 95.4 Å². The molecule has 0 aromatic carbocycles. The highest BCUT2D eigenvalue weighted by molar-refractivity contribution is 7.46. The van der Waals surface area contributed by atoms with Crippen molar-refractivity contribution in [3.05, 3.63) is 12.2 Å². The predicted molar refractivity (Wildman–Crippen MR) is 59.6 cm³/mol. The van der Waals surface area contributed by atoms with E-state index in [9.17, 15) is 9.36 Å². The Morgan fingerprint density at radius 3 is 2.25 bits per heavy atom. The van der Waals surface area contributed by atoms with Crippen LogP contribution in [0.2, 0.25) is 0 Å². The lowest BCUT2D eigenvalue weighted by Crippen LogP contribution is -2.44. The van der Waals surface area contributed by atoms with Gasteiger partial charge < -0.3 is 14.3 Å². The number of quaternary nitrogens is 1. The Kier molecular flexibility index (Phi) is 5.52. The molecule has 2 N–H and O–H groups in total. The molecule has 1 unspecified atom stereocenters. The smallest absolute Gasteiger partial charge is 0.328 e. The highest BCUT2D eigenvalue weighted by Crippen LogP contribution is 2.38. The van der Waals surface area contributed by atoms with Crippen LogP contribution >= 0.6 is 7.82 Å². The van der Waals surface area contributed by atoms with Crippen LogP contribution in [0.5, 0.6) is 0 Å². The van der Waals surface area contributed by atoms with Crippen LogP contribution in [0.15, 0.2) is 12.2 Å². The van der Waals surface area contributed by atoms with Gasteiger partial charge in [0, 0.05) is 0 Å². The maximum Gasteiger partial charge on any atom is 0.470 e. The van der Waals surface area contributed by atoms with E-state index in [2.05, 4.69) is 4.52 Å². The molecule has 0 saturated carbocycles. The van der Waals surface area contributed by atoms with Crippen molar-refractivity contribution in [2.75, 3.05) is 27.7 Å². The third-order valence-corrected chi connectivity index (χ3v) is 2.16. The summed E-state index contributed by atoms with van der Waals surface area (Å²) in [5.74, 6) is -0.445. The molecule has 6 nitrogen and oxygen atoms in total. The van der Waals surface area contributed by atoms with Crippen molar-refractivity contribution in [3.8, 4) is 0 Å². The van der Waals surface area contributed by atoms with E-state index in [1.54, 1.807) is 28.1 Å². The minimum absolute atomic E-state index is 0.189. The van der Waals surface area contributed by atoms with Crippen molar-refractivity contribution in [2.45, 2.75) is 13.0 Å². The van der Waals surface area contributed by atoms with Gasteiger partial charge in [-0.25, -0.2) is 4.57 Å². The molecule has 0 aromatic heterocycles. The van der Waals surface area contributed by atoms with Crippen molar-refractivity contribution in [1.82, 2.24) is 0 Å². The SMILES string of the molecule is CC=CC(=O)C(C[N+](C)(C)C)OP(=O)(O)O. The van der Waals surface area contributed by atoms with E-state index in [0.717, 1.165) is 0 Å². The fourth-order valence-electron chi connectivity index (χ4n) is 1.11. The molecule has 1 atom stereocenters. The number of carbonyl (C=O) groups is 1. The van der Waals surface area contributed by atoms with Gasteiger partial charge in [-0.15, -0.1) is 0 Å². The molecular formula is C9H19NO5P+. The molecule has 0 rings (SSSR count). The van der Waals surface area contributed by atoms with Crippen LogP contribution in [0.3, 0.4) is 0 Å². The van der Waals surface area contributed by atoms with Crippen LogP contribution < -0.4 is 0 Å². The van der Waals surface area contributed by atoms with Gasteiger partial charge in [-0.3, -0.25) is 9.32 Å². The van der Waals surface area contributed by atoms with Gasteiger partial charge in [0.2, 0.25) is 0 Å². The minimum atomic E-state index is -4.65. The van der Waals surface area contributed by atoms with Gasteiger partial charge in [0.15, 0.2) is 11.9 Å². The van der Waals surface area contributed by atoms with E-state index >= 15 is 0 Å². The molecule has 0 bridgehead atoms. The number of hydrogen-bond acceptors (Lipinski definition) is 3. The summed E-state index contributed by atoms with van der Waals surface area (Å²) >= 11 is 0. The topological polar surface area (TPSA) is 83.8 Å². The molecule has 0 aliphatic carbocycles. The molecule has 16 heavy (non-hydrogen) atoms. The number of likely N-dealkylation sites (N-methyl/N-ethyl adjacent to an activating group) is 1.